The van der Waals surface area contributed by atoms with E-state index >= 15 is 0 Å². The second-order valence-electron chi connectivity index (χ2n) is 5.63. The van der Waals surface area contributed by atoms with Gasteiger partial charge in [0.2, 0.25) is 11.3 Å². The number of H-pyrrole nitrogens is 1. The van der Waals surface area contributed by atoms with Crippen molar-refractivity contribution < 1.29 is 14.3 Å². The van der Waals surface area contributed by atoms with Crippen LogP contribution < -0.4 is 5.56 Å². The van der Waals surface area contributed by atoms with Crippen LogP contribution in [-0.4, -0.2) is 22.8 Å². The number of esters is 1. The van der Waals surface area contributed by atoms with Gasteiger partial charge < -0.3 is 9.72 Å². The summed E-state index contributed by atoms with van der Waals surface area (Å²) in [7, 11) is 0. The summed E-state index contributed by atoms with van der Waals surface area (Å²) < 4.78 is 5.42. The highest BCUT2D eigenvalue weighted by molar-refractivity contribution is 6.05. The van der Waals surface area contributed by atoms with Gasteiger partial charge in [-0.1, -0.05) is 55.5 Å². The molecule has 0 fully saturated rings. The first-order chi connectivity index (χ1) is 12.1. The molecule has 1 aromatic heterocycles. The zero-order valence-corrected chi connectivity index (χ0v) is 13.7. The maximum Gasteiger partial charge on any atom is 0.339 e. The van der Waals surface area contributed by atoms with Gasteiger partial charge in [-0.25, -0.2) is 4.79 Å². The molecular weight excluding hydrogens is 318 g/mol. The molecule has 5 nitrogen and oxygen atoms in total. The van der Waals surface area contributed by atoms with Crippen LogP contribution in [0.1, 0.15) is 34.1 Å². The molecule has 0 aliphatic rings. The average molecular weight is 335 g/mol. The highest BCUT2D eigenvalue weighted by Gasteiger charge is 2.24. The van der Waals surface area contributed by atoms with E-state index in [9.17, 15) is 14.4 Å². The van der Waals surface area contributed by atoms with Crippen molar-refractivity contribution in [2.45, 2.75) is 19.4 Å². The first-order valence-electron chi connectivity index (χ1n) is 8.02. The highest BCUT2D eigenvalue weighted by Crippen LogP contribution is 2.18. The molecule has 0 radical (unpaired) electrons. The van der Waals surface area contributed by atoms with Crippen molar-refractivity contribution in [3.8, 4) is 0 Å². The van der Waals surface area contributed by atoms with Crippen LogP contribution in [0.3, 0.4) is 0 Å². The van der Waals surface area contributed by atoms with Gasteiger partial charge in [-0.2, -0.15) is 0 Å². The van der Waals surface area contributed by atoms with Crippen molar-refractivity contribution in [2.24, 2.45) is 0 Å². The molecule has 0 spiro atoms. The van der Waals surface area contributed by atoms with Gasteiger partial charge in [0, 0.05) is 22.5 Å². The van der Waals surface area contributed by atoms with Crippen LogP contribution in [0.5, 0.6) is 0 Å². The fraction of sp³-hybridized carbons (Fsp3) is 0.150. The molecule has 0 saturated heterocycles. The fourth-order valence-corrected chi connectivity index (χ4v) is 2.68. The number of carbonyl (C=O) groups is 2. The van der Waals surface area contributed by atoms with Gasteiger partial charge in [0.05, 0.1) is 5.56 Å². The Hall–Kier alpha value is -3.21. The third-order valence-corrected chi connectivity index (χ3v) is 3.94. The Balaban J connectivity index is 1.91. The van der Waals surface area contributed by atoms with E-state index in [0.717, 1.165) is 0 Å². The molecule has 0 unspecified atom stereocenters. The average Bonchev–Trinajstić information content (AvgIpc) is 2.65. The second-order valence-corrected chi connectivity index (χ2v) is 5.63. The Kier molecular flexibility index (Phi) is 4.75. The van der Waals surface area contributed by atoms with Gasteiger partial charge in [-0.15, -0.1) is 0 Å². The predicted octanol–water partition coefficient (Wildman–Crippen LogP) is 3.35. The Morgan fingerprint density at radius 3 is 2.44 bits per heavy atom. The lowest BCUT2D eigenvalue weighted by molar-refractivity contribution is 0.0279. The van der Waals surface area contributed by atoms with Crippen LogP contribution >= 0.6 is 0 Å². The highest BCUT2D eigenvalue weighted by atomic mass is 16.5. The number of hydrogen-bond acceptors (Lipinski definition) is 4. The third kappa shape index (κ3) is 3.50. The number of fused-ring (bicyclic) bond motifs is 1. The van der Waals surface area contributed by atoms with E-state index in [1.807, 2.05) is 6.07 Å². The zero-order chi connectivity index (χ0) is 17.8. The molecule has 1 atom stereocenters. The summed E-state index contributed by atoms with van der Waals surface area (Å²) in [5, 5.41) is 0.578. The predicted molar refractivity (Wildman–Crippen MR) is 94.8 cm³/mol. The molecule has 0 saturated carbocycles. The van der Waals surface area contributed by atoms with Gasteiger partial charge in [0.25, 0.3) is 0 Å². The van der Waals surface area contributed by atoms with Gasteiger partial charge in [0.15, 0.2) is 6.10 Å². The molecule has 2 aromatic carbocycles. The van der Waals surface area contributed by atoms with Crippen LogP contribution in [0.25, 0.3) is 10.9 Å². The van der Waals surface area contributed by atoms with E-state index in [1.54, 1.807) is 55.5 Å². The van der Waals surface area contributed by atoms with Crippen LogP contribution in [0.2, 0.25) is 0 Å². The molecule has 126 valence electrons. The number of hydrogen-bond donors (Lipinski definition) is 1. The Bertz CT molecular complexity index is 976. The smallest absolute Gasteiger partial charge is 0.339 e. The van der Waals surface area contributed by atoms with Crippen molar-refractivity contribution in [2.75, 3.05) is 0 Å². The number of ether oxygens (including phenoxy) is 1. The quantitative estimate of drug-likeness (QED) is 0.573. The number of Topliss-reactive ketones (excluding diaryl/α,β-unsaturated/α-hetero) is 1. The minimum Gasteiger partial charge on any atom is -0.450 e. The van der Waals surface area contributed by atoms with E-state index in [1.165, 1.54) is 6.07 Å². The number of nitrogens with one attached hydrogen (secondary N) is 1. The summed E-state index contributed by atoms with van der Waals surface area (Å²) in [5.41, 5.74) is 0.786. The van der Waals surface area contributed by atoms with Crippen LogP contribution in [0.15, 0.2) is 65.5 Å². The Morgan fingerprint density at radius 1 is 1.04 bits per heavy atom. The van der Waals surface area contributed by atoms with Crippen molar-refractivity contribution in [1.82, 2.24) is 4.98 Å². The number of rotatable bonds is 5. The molecule has 1 heterocycles. The third-order valence-electron chi connectivity index (χ3n) is 3.94. The summed E-state index contributed by atoms with van der Waals surface area (Å²) in [6.45, 7) is 1.77. The van der Waals surface area contributed by atoms with Crippen LogP contribution in [0, 0.1) is 0 Å². The van der Waals surface area contributed by atoms with E-state index in [4.69, 9.17) is 4.74 Å². The topological polar surface area (TPSA) is 76.2 Å². The van der Waals surface area contributed by atoms with Crippen molar-refractivity contribution in [3.63, 3.8) is 0 Å². The second kappa shape index (κ2) is 7.13. The molecule has 25 heavy (non-hydrogen) atoms. The fourth-order valence-electron chi connectivity index (χ4n) is 2.68. The number of pyridine rings is 1. The molecule has 0 amide bonds. The molecule has 3 rings (SSSR count). The minimum atomic E-state index is -0.895. The van der Waals surface area contributed by atoms with Gasteiger partial charge in [-0.05, 0) is 12.5 Å². The lowest BCUT2D eigenvalue weighted by Crippen LogP contribution is -2.27. The molecule has 0 aliphatic heterocycles. The van der Waals surface area contributed by atoms with Crippen LogP contribution in [0.4, 0.5) is 0 Å². The number of aromatic nitrogens is 1. The summed E-state index contributed by atoms with van der Waals surface area (Å²) in [6.07, 6.45) is -0.548. The van der Waals surface area contributed by atoms with Crippen LogP contribution in [-0.2, 0) is 4.74 Å². The van der Waals surface area contributed by atoms with Gasteiger partial charge in [0.1, 0.15) is 0 Å². The first-order valence-corrected chi connectivity index (χ1v) is 8.02. The standard InChI is InChI=1S/C20H17NO4/c1-2-17(19(23)13-8-4-3-5-9-13)25-20(24)15-12-18(22)21-16-11-7-6-10-14(15)16/h3-12,17H,2H2,1H3,(H,21,22)/t17-/m0/s1. The lowest BCUT2D eigenvalue weighted by Gasteiger charge is -2.16. The zero-order valence-electron chi connectivity index (χ0n) is 13.7. The monoisotopic (exact) mass is 335 g/mol. The van der Waals surface area contributed by atoms with Gasteiger partial charge in [-0.3, -0.25) is 9.59 Å². The summed E-state index contributed by atoms with van der Waals surface area (Å²) in [4.78, 5) is 39.6. The molecular formula is C20H17NO4. The Morgan fingerprint density at radius 2 is 1.72 bits per heavy atom. The first kappa shape index (κ1) is 16.6. The summed E-state index contributed by atoms with van der Waals surface area (Å²) >= 11 is 0. The van der Waals surface area contributed by atoms with Crippen molar-refractivity contribution >= 4 is 22.7 Å². The molecule has 0 bridgehead atoms. The van der Waals surface area contributed by atoms with Crippen molar-refractivity contribution in [3.05, 3.63) is 82.1 Å². The van der Waals surface area contributed by atoms with E-state index in [-0.39, 0.29) is 11.3 Å². The number of ketones is 1. The number of aromatic amines is 1. The maximum absolute atomic E-state index is 12.6. The molecule has 5 heteroatoms. The molecule has 3 aromatic rings. The minimum absolute atomic E-state index is 0.152. The number of carbonyl (C=O) groups excluding carboxylic acids is 2. The summed E-state index contributed by atoms with van der Waals surface area (Å²) in [6, 6.07) is 16.9. The van der Waals surface area contributed by atoms with Crippen molar-refractivity contribution in [1.29, 1.82) is 0 Å². The Labute approximate surface area is 144 Å². The van der Waals surface area contributed by atoms with Gasteiger partial charge >= 0.3 is 5.97 Å². The largest absolute Gasteiger partial charge is 0.450 e. The molecule has 1 N–H and O–H groups in total. The lowest BCUT2D eigenvalue weighted by atomic mass is 10.0. The normalized spacial score (nSPS) is 11.9. The summed E-state index contributed by atoms with van der Waals surface area (Å²) in [5.74, 6) is -0.941. The molecule has 0 aliphatic carbocycles. The van der Waals surface area contributed by atoms with E-state index in [0.29, 0.717) is 22.9 Å². The SMILES string of the molecule is CC[C@H](OC(=O)c1cc(=O)[nH]c2ccccc12)C(=O)c1ccccc1. The van der Waals surface area contributed by atoms with E-state index < -0.39 is 17.6 Å². The number of para-hydroxylation sites is 1. The maximum atomic E-state index is 12.6. The van der Waals surface area contributed by atoms with E-state index in [2.05, 4.69) is 4.98 Å². The number of benzene rings is 2.